The molecule has 1 aliphatic heterocycles. The molecule has 0 spiro atoms. The zero-order valence-electron chi connectivity index (χ0n) is 10.9. The third-order valence-electron chi connectivity index (χ3n) is 3.44. The molecule has 0 atom stereocenters. The van der Waals surface area contributed by atoms with E-state index >= 15 is 0 Å². The molecule has 2 heterocycles. The lowest BCUT2D eigenvalue weighted by atomic mass is 10.2. The lowest BCUT2D eigenvalue weighted by Crippen LogP contribution is -2.48. The zero-order valence-corrected chi connectivity index (χ0v) is 12.5. The third-order valence-corrected chi connectivity index (χ3v) is 4.75. The molecule has 5 heteroatoms. The van der Waals surface area contributed by atoms with Gasteiger partial charge in [-0.05, 0) is 25.5 Å². The number of alkyl halides is 1. The van der Waals surface area contributed by atoms with Gasteiger partial charge in [-0.3, -0.25) is 9.69 Å². The Bertz CT molecular complexity index is 405. The fraction of sp³-hybridized carbons (Fsp3) is 0.615. The van der Waals surface area contributed by atoms with E-state index in [4.69, 9.17) is 11.6 Å². The number of piperazine rings is 1. The molecular weight excluding hydrogens is 268 g/mol. The lowest BCUT2D eigenvalue weighted by Gasteiger charge is -2.34. The molecule has 18 heavy (non-hydrogen) atoms. The van der Waals surface area contributed by atoms with Crippen LogP contribution in [0.5, 0.6) is 0 Å². The Balaban J connectivity index is 1.95. The summed E-state index contributed by atoms with van der Waals surface area (Å²) in [5, 5.41) is 0. The normalized spacial score (nSPS) is 17.2. The molecule has 0 aliphatic carbocycles. The van der Waals surface area contributed by atoms with Crippen LogP contribution < -0.4 is 0 Å². The van der Waals surface area contributed by atoms with Crippen molar-refractivity contribution in [2.24, 2.45) is 0 Å². The van der Waals surface area contributed by atoms with Gasteiger partial charge in [0.2, 0.25) is 0 Å². The first-order chi connectivity index (χ1) is 8.61. The van der Waals surface area contributed by atoms with Crippen molar-refractivity contribution in [1.29, 1.82) is 0 Å². The molecule has 1 aromatic rings. The van der Waals surface area contributed by atoms with Gasteiger partial charge in [0, 0.05) is 43.5 Å². The molecule has 1 saturated heterocycles. The van der Waals surface area contributed by atoms with Gasteiger partial charge in [-0.15, -0.1) is 22.9 Å². The van der Waals surface area contributed by atoms with Crippen molar-refractivity contribution in [2.75, 3.05) is 38.6 Å². The number of amides is 1. The van der Waals surface area contributed by atoms with E-state index in [1.165, 1.54) is 10.4 Å². The van der Waals surface area contributed by atoms with Crippen molar-refractivity contribution in [3.8, 4) is 0 Å². The van der Waals surface area contributed by atoms with E-state index < -0.39 is 0 Å². The van der Waals surface area contributed by atoms with E-state index in [9.17, 15) is 4.79 Å². The fourth-order valence-corrected chi connectivity index (χ4v) is 3.37. The monoisotopic (exact) mass is 286 g/mol. The molecule has 100 valence electrons. The minimum Gasteiger partial charge on any atom is -0.335 e. The second kappa shape index (κ2) is 6.04. The van der Waals surface area contributed by atoms with Crippen molar-refractivity contribution < 1.29 is 4.79 Å². The molecule has 2 rings (SSSR count). The van der Waals surface area contributed by atoms with E-state index in [-0.39, 0.29) is 5.91 Å². The maximum Gasteiger partial charge on any atom is 0.264 e. The molecule has 1 aliphatic rings. The molecule has 1 aromatic heterocycles. The van der Waals surface area contributed by atoms with Crippen LogP contribution in [0.2, 0.25) is 0 Å². The summed E-state index contributed by atoms with van der Waals surface area (Å²) in [6.45, 7) is 8.53. The smallest absolute Gasteiger partial charge is 0.264 e. The van der Waals surface area contributed by atoms with Gasteiger partial charge in [-0.25, -0.2) is 0 Å². The van der Waals surface area contributed by atoms with Crippen LogP contribution in [0.1, 0.15) is 20.1 Å². The molecule has 0 radical (unpaired) electrons. The number of hydrogen-bond donors (Lipinski definition) is 0. The number of halogens is 1. The van der Waals surface area contributed by atoms with Gasteiger partial charge in [0.25, 0.3) is 5.91 Å². The van der Waals surface area contributed by atoms with E-state index in [2.05, 4.69) is 18.7 Å². The van der Waals surface area contributed by atoms with Gasteiger partial charge < -0.3 is 4.90 Å². The summed E-state index contributed by atoms with van der Waals surface area (Å²) in [5.41, 5.74) is 1.21. The number of aryl methyl sites for hydroxylation is 2. The number of rotatable bonds is 3. The summed E-state index contributed by atoms with van der Waals surface area (Å²) in [5.74, 6) is 0.846. The van der Waals surface area contributed by atoms with Crippen molar-refractivity contribution in [3.63, 3.8) is 0 Å². The number of nitrogens with zero attached hydrogens (tertiary/aromatic N) is 2. The van der Waals surface area contributed by atoms with E-state index in [0.29, 0.717) is 5.88 Å². The fourth-order valence-electron chi connectivity index (χ4n) is 2.13. The summed E-state index contributed by atoms with van der Waals surface area (Å²) in [4.78, 5) is 18.7. The average Bonchev–Trinajstić information content (AvgIpc) is 2.70. The van der Waals surface area contributed by atoms with Crippen LogP contribution in [0.25, 0.3) is 0 Å². The SMILES string of the molecule is Cc1cc(C(=O)N2CCN(CCCl)CC2)sc1C. The van der Waals surface area contributed by atoms with Crippen molar-refractivity contribution in [3.05, 3.63) is 21.4 Å². The third kappa shape index (κ3) is 3.05. The van der Waals surface area contributed by atoms with Crippen LogP contribution in [0, 0.1) is 13.8 Å². The second-order valence-electron chi connectivity index (χ2n) is 4.67. The predicted octanol–water partition coefficient (Wildman–Crippen LogP) is 2.36. The van der Waals surface area contributed by atoms with E-state index in [0.717, 1.165) is 37.6 Å². The Morgan fingerprint density at radius 2 is 2.00 bits per heavy atom. The first-order valence-corrected chi connectivity index (χ1v) is 7.61. The molecule has 1 amide bonds. The van der Waals surface area contributed by atoms with Gasteiger partial charge in [-0.2, -0.15) is 0 Å². The van der Waals surface area contributed by atoms with E-state index in [1.54, 1.807) is 11.3 Å². The molecule has 0 saturated carbocycles. The molecule has 3 nitrogen and oxygen atoms in total. The summed E-state index contributed by atoms with van der Waals surface area (Å²) in [6, 6.07) is 2.01. The Kier molecular flexibility index (Phi) is 4.65. The van der Waals surface area contributed by atoms with Crippen LogP contribution in [-0.2, 0) is 0 Å². The van der Waals surface area contributed by atoms with Gasteiger partial charge in [0.05, 0.1) is 4.88 Å². The highest BCUT2D eigenvalue weighted by molar-refractivity contribution is 7.14. The van der Waals surface area contributed by atoms with Crippen molar-refractivity contribution in [1.82, 2.24) is 9.80 Å². The van der Waals surface area contributed by atoms with Gasteiger partial charge in [0.1, 0.15) is 0 Å². The highest BCUT2D eigenvalue weighted by Crippen LogP contribution is 2.22. The van der Waals surface area contributed by atoms with Crippen LogP contribution in [-0.4, -0.2) is 54.3 Å². The molecule has 0 N–H and O–H groups in total. The summed E-state index contributed by atoms with van der Waals surface area (Å²) in [6.07, 6.45) is 0. The van der Waals surface area contributed by atoms with Crippen LogP contribution in [0.3, 0.4) is 0 Å². The topological polar surface area (TPSA) is 23.6 Å². The Labute approximate surface area is 117 Å². The van der Waals surface area contributed by atoms with Crippen LogP contribution >= 0.6 is 22.9 Å². The number of thiophene rings is 1. The number of carbonyl (C=O) groups excluding carboxylic acids is 1. The second-order valence-corrected chi connectivity index (χ2v) is 6.31. The van der Waals surface area contributed by atoms with Crippen molar-refractivity contribution in [2.45, 2.75) is 13.8 Å². The molecular formula is C13H19ClN2OS. The largest absolute Gasteiger partial charge is 0.335 e. The maximum absolute atomic E-state index is 12.3. The van der Waals surface area contributed by atoms with Crippen molar-refractivity contribution >= 4 is 28.8 Å². The number of carbonyl (C=O) groups is 1. The average molecular weight is 287 g/mol. The van der Waals surface area contributed by atoms with Gasteiger partial charge in [0.15, 0.2) is 0 Å². The maximum atomic E-state index is 12.3. The lowest BCUT2D eigenvalue weighted by molar-refractivity contribution is 0.0649. The molecule has 0 unspecified atom stereocenters. The minimum atomic E-state index is 0.182. The Morgan fingerprint density at radius 1 is 1.33 bits per heavy atom. The summed E-state index contributed by atoms with van der Waals surface area (Å²) >= 11 is 7.33. The van der Waals surface area contributed by atoms with E-state index in [1.807, 2.05) is 11.0 Å². The van der Waals surface area contributed by atoms with Crippen LogP contribution in [0.15, 0.2) is 6.07 Å². The Morgan fingerprint density at radius 3 is 2.50 bits per heavy atom. The highest BCUT2D eigenvalue weighted by Gasteiger charge is 2.23. The number of hydrogen-bond acceptors (Lipinski definition) is 3. The minimum absolute atomic E-state index is 0.182. The quantitative estimate of drug-likeness (QED) is 0.797. The first kappa shape index (κ1) is 13.8. The zero-order chi connectivity index (χ0) is 13.1. The molecule has 0 bridgehead atoms. The van der Waals surface area contributed by atoms with Gasteiger partial charge >= 0.3 is 0 Å². The predicted molar refractivity (Wildman–Crippen MR) is 76.9 cm³/mol. The Hall–Kier alpha value is -0.580. The van der Waals surface area contributed by atoms with Gasteiger partial charge in [-0.1, -0.05) is 0 Å². The highest BCUT2D eigenvalue weighted by atomic mass is 35.5. The first-order valence-electron chi connectivity index (χ1n) is 6.26. The molecule has 0 aromatic carbocycles. The van der Waals surface area contributed by atoms with Crippen LogP contribution in [0.4, 0.5) is 0 Å². The summed E-state index contributed by atoms with van der Waals surface area (Å²) < 4.78 is 0. The molecule has 1 fully saturated rings. The summed E-state index contributed by atoms with van der Waals surface area (Å²) in [7, 11) is 0. The standard InChI is InChI=1S/C13H19ClN2OS/c1-10-9-12(18-11(10)2)13(17)16-7-5-15(4-3-14)6-8-16/h9H,3-8H2,1-2H3.